The predicted octanol–water partition coefficient (Wildman–Crippen LogP) is 4.43. The lowest BCUT2D eigenvalue weighted by Gasteiger charge is -2.10. The molecule has 21 heavy (non-hydrogen) atoms. The van der Waals surface area contributed by atoms with Gasteiger partial charge >= 0.3 is 0 Å². The molecule has 0 aliphatic carbocycles. The summed E-state index contributed by atoms with van der Waals surface area (Å²) in [6.45, 7) is 2.55. The highest BCUT2D eigenvalue weighted by atomic mass is 79.9. The molecule has 2 N–H and O–H groups in total. The summed E-state index contributed by atoms with van der Waals surface area (Å²) in [6.07, 6.45) is 4.90. The minimum Gasteiger partial charge on any atom is -0.490 e. The molecule has 1 atom stereocenters. The maximum Gasteiger partial charge on any atom is 0.120 e. The lowest BCUT2D eigenvalue weighted by molar-refractivity contribution is 0.363. The van der Waals surface area contributed by atoms with Crippen molar-refractivity contribution in [2.75, 3.05) is 6.61 Å². The van der Waals surface area contributed by atoms with Crippen molar-refractivity contribution in [2.24, 2.45) is 5.73 Å². The van der Waals surface area contributed by atoms with E-state index in [0.29, 0.717) is 6.61 Å². The summed E-state index contributed by atoms with van der Waals surface area (Å²) in [7, 11) is 0. The zero-order valence-corrected chi connectivity index (χ0v) is 13.7. The zero-order valence-electron chi connectivity index (χ0n) is 12.1. The fourth-order valence-electron chi connectivity index (χ4n) is 2.04. The summed E-state index contributed by atoms with van der Waals surface area (Å²) >= 11 is 3.55. The van der Waals surface area contributed by atoms with Crippen LogP contribution in [-0.2, 0) is 6.42 Å². The maximum absolute atomic E-state index is 5.86. The van der Waals surface area contributed by atoms with Crippen LogP contribution in [0.3, 0.4) is 0 Å². The molecule has 0 bridgehead atoms. The quantitative estimate of drug-likeness (QED) is 0.840. The maximum atomic E-state index is 5.86. The lowest BCUT2D eigenvalue weighted by Crippen LogP contribution is -2.18. The van der Waals surface area contributed by atoms with Gasteiger partial charge in [0.1, 0.15) is 12.4 Å². The van der Waals surface area contributed by atoms with Gasteiger partial charge < -0.3 is 10.5 Å². The largest absolute Gasteiger partial charge is 0.490 e. The summed E-state index contributed by atoms with van der Waals surface area (Å²) in [5.74, 6) is 0.867. The molecule has 0 aliphatic rings. The summed E-state index contributed by atoms with van der Waals surface area (Å²) < 4.78 is 6.83. The van der Waals surface area contributed by atoms with Crippen LogP contribution in [0.15, 0.2) is 59.1 Å². The van der Waals surface area contributed by atoms with Gasteiger partial charge in [0.05, 0.1) is 0 Å². The third kappa shape index (κ3) is 5.37. The van der Waals surface area contributed by atoms with Crippen molar-refractivity contribution in [3.05, 3.63) is 70.2 Å². The Morgan fingerprint density at radius 3 is 2.67 bits per heavy atom. The molecule has 2 aromatic carbocycles. The van der Waals surface area contributed by atoms with Gasteiger partial charge in [-0.3, -0.25) is 0 Å². The summed E-state index contributed by atoms with van der Waals surface area (Å²) in [6, 6.07) is 16.3. The molecule has 0 amide bonds. The molecule has 0 fully saturated rings. The number of benzene rings is 2. The molecule has 2 rings (SSSR count). The van der Waals surface area contributed by atoms with Crippen LogP contribution in [0, 0.1) is 0 Å². The number of hydrogen-bond acceptors (Lipinski definition) is 2. The second-order valence-corrected chi connectivity index (χ2v) is 5.91. The molecule has 0 aliphatic heterocycles. The Morgan fingerprint density at radius 2 is 1.95 bits per heavy atom. The number of hydrogen-bond donors (Lipinski definition) is 1. The monoisotopic (exact) mass is 345 g/mol. The van der Waals surface area contributed by atoms with Gasteiger partial charge in [-0.25, -0.2) is 0 Å². The highest BCUT2D eigenvalue weighted by Crippen LogP contribution is 2.23. The van der Waals surface area contributed by atoms with Gasteiger partial charge in [0, 0.05) is 10.5 Å². The van der Waals surface area contributed by atoms with Gasteiger partial charge in [-0.05, 0) is 48.7 Å². The van der Waals surface area contributed by atoms with Gasteiger partial charge in [0.2, 0.25) is 0 Å². The second-order valence-electron chi connectivity index (χ2n) is 5.06. The topological polar surface area (TPSA) is 35.2 Å². The van der Waals surface area contributed by atoms with Crippen LogP contribution >= 0.6 is 15.9 Å². The van der Waals surface area contributed by atoms with Crippen molar-refractivity contribution in [3.8, 4) is 5.75 Å². The molecule has 0 heterocycles. The van der Waals surface area contributed by atoms with Crippen molar-refractivity contribution in [1.82, 2.24) is 0 Å². The minimum absolute atomic E-state index is 0.134. The van der Waals surface area contributed by atoms with E-state index in [4.69, 9.17) is 10.5 Å². The first kappa shape index (κ1) is 15.8. The van der Waals surface area contributed by atoms with Crippen molar-refractivity contribution < 1.29 is 4.74 Å². The molecule has 0 radical (unpaired) electrons. The highest BCUT2D eigenvalue weighted by molar-refractivity contribution is 9.10. The van der Waals surface area contributed by atoms with E-state index in [1.807, 2.05) is 49.4 Å². The summed E-state index contributed by atoms with van der Waals surface area (Å²) in [5, 5.41) is 0. The van der Waals surface area contributed by atoms with Crippen LogP contribution in [0.2, 0.25) is 0 Å². The molecule has 2 aromatic rings. The van der Waals surface area contributed by atoms with Crippen LogP contribution in [0.1, 0.15) is 18.1 Å². The normalized spacial score (nSPS) is 12.5. The van der Waals surface area contributed by atoms with E-state index in [1.54, 1.807) is 0 Å². The van der Waals surface area contributed by atoms with Gasteiger partial charge in [0.25, 0.3) is 0 Å². The Hall–Kier alpha value is -1.58. The Kier molecular flexibility index (Phi) is 6.03. The van der Waals surface area contributed by atoms with E-state index in [9.17, 15) is 0 Å². The van der Waals surface area contributed by atoms with Crippen LogP contribution in [0.25, 0.3) is 6.08 Å². The van der Waals surface area contributed by atoms with Crippen molar-refractivity contribution in [1.29, 1.82) is 0 Å². The van der Waals surface area contributed by atoms with E-state index in [-0.39, 0.29) is 6.04 Å². The Labute approximate surface area is 134 Å². The average Bonchev–Trinajstić information content (AvgIpc) is 2.47. The number of halogens is 1. The second kappa shape index (κ2) is 8.01. The van der Waals surface area contributed by atoms with Gasteiger partial charge in [0.15, 0.2) is 0 Å². The van der Waals surface area contributed by atoms with Gasteiger partial charge in [-0.2, -0.15) is 0 Å². The van der Waals surface area contributed by atoms with E-state index >= 15 is 0 Å². The van der Waals surface area contributed by atoms with Crippen molar-refractivity contribution in [2.45, 2.75) is 19.4 Å². The van der Waals surface area contributed by atoms with E-state index < -0.39 is 0 Å². The SMILES string of the molecule is CC(N)Cc1cc(OC/C=C/c2ccccc2)ccc1Br. The molecule has 0 saturated heterocycles. The third-order valence-corrected chi connectivity index (χ3v) is 3.79. The number of nitrogens with two attached hydrogens (primary N) is 1. The van der Waals surface area contributed by atoms with Crippen LogP contribution in [-0.4, -0.2) is 12.6 Å². The molecule has 3 heteroatoms. The summed E-state index contributed by atoms with van der Waals surface area (Å²) in [4.78, 5) is 0. The fraction of sp³-hybridized carbons (Fsp3) is 0.222. The zero-order chi connectivity index (χ0) is 15.1. The van der Waals surface area contributed by atoms with Crippen molar-refractivity contribution in [3.63, 3.8) is 0 Å². The molecule has 0 saturated carbocycles. The third-order valence-electron chi connectivity index (χ3n) is 3.02. The highest BCUT2D eigenvalue weighted by Gasteiger charge is 2.04. The molecule has 110 valence electrons. The molecular weight excluding hydrogens is 326 g/mol. The molecule has 0 aromatic heterocycles. The van der Waals surface area contributed by atoms with Crippen LogP contribution < -0.4 is 10.5 Å². The fourth-order valence-corrected chi connectivity index (χ4v) is 2.45. The van der Waals surface area contributed by atoms with Gasteiger partial charge in [-0.1, -0.05) is 52.3 Å². The molecular formula is C18H20BrNO. The first-order chi connectivity index (χ1) is 10.1. The van der Waals surface area contributed by atoms with Gasteiger partial charge in [-0.15, -0.1) is 0 Å². The lowest BCUT2D eigenvalue weighted by atomic mass is 10.1. The molecule has 2 nitrogen and oxygen atoms in total. The summed E-state index contributed by atoms with van der Waals surface area (Å²) in [5.41, 5.74) is 8.21. The van der Waals surface area contributed by atoms with Crippen LogP contribution in [0.4, 0.5) is 0 Å². The molecule has 1 unspecified atom stereocenters. The van der Waals surface area contributed by atoms with Crippen LogP contribution in [0.5, 0.6) is 5.75 Å². The Morgan fingerprint density at radius 1 is 1.19 bits per heavy atom. The van der Waals surface area contributed by atoms with E-state index in [1.165, 1.54) is 11.1 Å². The smallest absolute Gasteiger partial charge is 0.120 e. The number of ether oxygens (including phenoxy) is 1. The predicted molar refractivity (Wildman–Crippen MR) is 92.5 cm³/mol. The Balaban J connectivity index is 1.93. The Bertz CT molecular complexity index is 593. The average molecular weight is 346 g/mol. The van der Waals surface area contributed by atoms with Crippen molar-refractivity contribution >= 4 is 22.0 Å². The first-order valence-corrected chi connectivity index (χ1v) is 7.83. The van der Waals surface area contributed by atoms with E-state index in [2.05, 4.69) is 34.1 Å². The molecule has 0 spiro atoms. The number of rotatable bonds is 6. The first-order valence-electron chi connectivity index (χ1n) is 7.03. The standard InChI is InChI=1S/C18H20BrNO/c1-14(20)12-16-13-17(9-10-18(16)19)21-11-5-8-15-6-3-2-4-7-15/h2-10,13-14H,11-12,20H2,1H3/b8-5+. The minimum atomic E-state index is 0.134. The van der Waals surface area contributed by atoms with E-state index in [0.717, 1.165) is 16.6 Å².